The van der Waals surface area contributed by atoms with Crippen LogP contribution in [0.2, 0.25) is 0 Å². The molecule has 9 nitrogen and oxygen atoms in total. The molecule has 0 saturated carbocycles. The van der Waals surface area contributed by atoms with E-state index in [1.165, 1.54) is 9.87 Å². The summed E-state index contributed by atoms with van der Waals surface area (Å²) < 4.78 is 60.3. The first-order valence-electron chi connectivity index (χ1n) is 12.6. The largest absolute Gasteiger partial charge is 0.490 e. The van der Waals surface area contributed by atoms with Crippen molar-refractivity contribution in [1.29, 1.82) is 0 Å². The number of halogens is 3. The zero-order valence-corrected chi connectivity index (χ0v) is 22.2. The SMILES string of the molecule is O=C(CN(C1CCN(Cc2ccccc2)CC1)S(=O)(=O)c1ccccc1)N1CCNCC1.O=C(O)C(F)(F)F. The standard InChI is InChI=1S/C24H32N4O3S.C2HF3O2/c29-24(27-17-13-25-14-18-27)20-28(32(30,31)23-9-5-2-6-10-23)22-11-15-26(16-12-22)19-21-7-3-1-4-8-21;3-2(4,5)1(6)7/h1-10,22,25H,11-20H2;(H,6,7). The van der Waals surface area contributed by atoms with Crippen LogP contribution in [-0.2, 0) is 26.2 Å². The number of piperidine rings is 1. The van der Waals surface area contributed by atoms with E-state index < -0.39 is 22.2 Å². The lowest BCUT2D eigenvalue weighted by molar-refractivity contribution is -0.192. The molecular weight excluding hydrogens is 537 g/mol. The van der Waals surface area contributed by atoms with Gasteiger partial charge in [0.2, 0.25) is 15.9 Å². The Balaban J connectivity index is 0.000000532. The molecule has 2 aromatic carbocycles. The number of alkyl halides is 3. The van der Waals surface area contributed by atoms with E-state index in [1.54, 1.807) is 35.2 Å². The molecule has 39 heavy (non-hydrogen) atoms. The molecule has 2 aromatic rings. The number of nitrogens with zero attached hydrogens (tertiary/aromatic N) is 3. The van der Waals surface area contributed by atoms with E-state index in [1.807, 2.05) is 18.2 Å². The summed E-state index contributed by atoms with van der Waals surface area (Å²) in [4.78, 5) is 26.3. The lowest BCUT2D eigenvalue weighted by atomic mass is 10.0. The highest BCUT2D eigenvalue weighted by atomic mass is 32.2. The van der Waals surface area contributed by atoms with Crippen LogP contribution in [0.3, 0.4) is 0 Å². The van der Waals surface area contributed by atoms with Crippen LogP contribution in [-0.4, -0.2) is 97.5 Å². The van der Waals surface area contributed by atoms with Crippen molar-refractivity contribution in [3.05, 3.63) is 66.2 Å². The molecule has 2 N–H and O–H groups in total. The van der Waals surface area contributed by atoms with Crippen molar-refractivity contribution in [2.24, 2.45) is 0 Å². The zero-order valence-electron chi connectivity index (χ0n) is 21.4. The maximum absolute atomic E-state index is 13.6. The molecule has 2 saturated heterocycles. The number of benzene rings is 2. The van der Waals surface area contributed by atoms with E-state index in [2.05, 4.69) is 22.3 Å². The van der Waals surface area contributed by atoms with Crippen LogP contribution in [0.1, 0.15) is 18.4 Å². The smallest absolute Gasteiger partial charge is 0.475 e. The second-order valence-corrected chi connectivity index (χ2v) is 11.2. The highest BCUT2D eigenvalue weighted by molar-refractivity contribution is 7.89. The molecule has 0 radical (unpaired) electrons. The van der Waals surface area contributed by atoms with Gasteiger partial charge < -0.3 is 15.3 Å². The Morgan fingerprint density at radius 3 is 1.95 bits per heavy atom. The number of amides is 1. The Bertz CT molecular complexity index is 1170. The second-order valence-electron chi connectivity index (χ2n) is 9.29. The molecule has 0 spiro atoms. The van der Waals surface area contributed by atoms with Crippen LogP contribution in [0, 0.1) is 0 Å². The average Bonchev–Trinajstić information content (AvgIpc) is 2.93. The van der Waals surface area contributed by atoms with Crippen molar-refractivity contribution in [1.82, 2.24) is 19.4 Å². The number of carboxylic acid groups (broad SMARTS) is 1. The van der Waals surface area contributed by atoms with Gasteiger partial charge in [-0.15, -0.1) is 0 Å². The fourth-order valence-electron chi connectivity index (χ4n) is 4.49. The molecule has 2 fully saturated rings. The maximum Gasteiger partial charge on any atom is 0.490 e. The van der Waals surface area contributed by atoms with Gasteiger partial charge in [0.25, 0.3) is 0 Å². The Hall–Kier alpha value is -3.00. The molecule has 0 bridgehead atoms. The van der Waals surface area contributed by atoms with Gasteiger partial charge in [-0.05, 0) is 30.5 Å². The minimum absolute atomic E-state index is 0.0966. The molecular formula is C26H33F3N4O5S. The number of rotatable bonds is 7. The summed E-state index contributed by atoms with van der Waals surface area (Å²) in [5.74, 6) is -2.87. The minimum atomic E-state index is -5.08. The van der Waals surface area contributed by atoms with Gasteiger partial charge in [-0.25, -0.2) is 13.2 Å². The number of nitrogens with one attached hydrogen (secondary N) is 1. The van der Waals surface area contributed by atoms with E-state index in [0.29, 0.717) is 25.9 Å². The van der Waals surface area contributed by atoms with Crippen LogP contribution in [0.4, 0.5) is 13.2 Å². The number of piperazine rings is 1. The van der Waals surface area contributed by atoms with Crippen molar-refractivity contribution in [3.8, 4) is 0 Å². The Labute approximate surface area is 226 Å². The highest BCUT2D eigenvalue weighted by Gasteiger charge is 2.38. The van der Waals surface area contributed by atoms with E-state index >= 15 is 0 Å². The number of carboxylic acids is 1. The van der Waals surface area contributed by atoms with Crippen LogP contribution in [0.5, 0.6) is 0 Å². The summed E-state index contributed by atoms with van der Waals surface area (Å²) in [6.45, 7) is 5.11. The third kappa shape index (κ3) is 9.02. The summed E-state index contributed by atoms with van der Waals surface area (Å²) in [5, 5.41) is 10.4. The Morgan fingerprint density at radius 2 is 1.44 bits per heavy atom. The van der Waals surface area contributed by atoms with Crippen molar-refractivity contribution in [2.45, 2.75) is 36.5 Å². The lowest BCUT2D eigenvalue weighted by Crippen LogP contribution is -2.53. The first-order valence-corrected chi connectivity index (χ1v) is 14.0. The van der Waals surface area contributed by atoms with E-state index in [0.717, 1.165) is 32.7 Å². The van der Waals surface area contributed by atoms with Gasteiger partial charge in [0.15, 0.2) is 0 Å². The number of carbonyl (C=O) groups excluding carboxylic acids is 1. The fourth-order valence-corrected chi connectivity index (χ4v) is 6.15. The first-order chi connectivity index (χ1) is 18.5. The summed E-state index contributed by atoms with van der Waals surface area (Å²) in [5.41, 5.74) is 1.26. The molecule has 0 aromatic heterocycles. The predicted molar refractivity (Wildman–Crippen MR) is 138 cm³/mol. The molecule has 2 heterocycles. The molecule has 4 rings (SSSR count). The first kappa shape index (κ1) is 30.5. The Morgan fingerprint density at radius 1 is 0.923 bits per heavy atom. The van der Waals surface area contributed by atoms with Crippen LogP contribution in [0.15, 0.2) is 65.6 Å². The number of sulfonamides is 1. The third-order valence-corrected chi connectivity index (χ3v) is 8.48. The molecule has 0 atom stereocenters. The van der Waals surface area contributed by atoms with E-state index in [-0.39, 0.29) is 23.4 Å². The van der Waals surface area contributed by atoms with Gasteiger partial charge in [-0.2, -0.15) is 17.5 Å². The number of carbonyl (C=O) groups is 2. The number of aliphatic carboxylic acids is 1. The van der Waals surface area contributed by atoms with Crippen molar-refractivity contribution < 1.29 is 36.3 Å². The van der Waals surface area contributed by atoms with Gasteiger partial charge >= 0.3 is 12.1 Å². The van der Waals surface area contributed by atoms with Crippen molar-refractivity contribution in [2.75, 3.05) is 45.8 Å². The summed E-state index contributed by atoms with van der Waals surface area (Å²) in [6, 6.07) is 18.6. The van der Waals surface area contributed by atoms with Crippen molar-refractivity contribution >= 4 is 21.9 Å². The van der Waals surface area contributed by atoms with Gasteiger partial charge in [-0.3, -0.25) is 9.69 Å². The molecule has 0 unspecified atom stereocenters. The van der Waals surface area contributed by atoms with Crippen LogP contribution < -0.4 is 5.32 Å². The quantitative estimate of drug-likeness (QED) is 0.526. The predicted octanol–water partition coefficient (Wildman–Crippen LogP) is 2.41. The average molecular weight is 571 g/mol. The lowest BCUT2D eigenvalue weighted by Gasteiger charge is -2.38. The van der Waals surface area contributed by atoms with Gasteiger partial charge in [0.1, 0.15) is 0 Å². The van der Waals surface area contributed by atoms with Gasteiger partial charge in [0.05, 0.1) is 11.4 Å². The second kappa shape index (κ2) is 13.9. The normalized spacial score (nSPS) is 17.4. The summed E-state index contributed by atoms with van der Waals surface area (Å²) in [7, 11) is -3.76. The molecule has 2 aliphatic heterocycles. The van der Waals surface area contributed by atoms with Crippen LogP contribution in [0.25, 0.3) is 0 Å². The molecule has 13 heteroatoms. The van der Waals surface area contributed by atoms with Gasteiger partial charge in [-0.1, -0.05) is 48.5 Å². The maximum atomic E-state index is 13.6. The highest BCUT2D eigenvalue weighted by Crippen LogP contribution is 2.25. The van der Waals surface area contributed by atoms with Crippen molar-refractivity contribution in [3.63, 3.8) is 0 Å². The molecule has 2 aliphatic rings. The van der Waals surface area contributed by atoms with Gasteiger partial charge in [0, 0.05) is 51.9 Å². The number of hydrogen-bond acceptors (Lipinski definition) is 6. The molecule has 1 amide bonds. The van der Waals surface area contributed by atoms with Crippen LogP contribution >= 0.6 is 0 Å². The summed E-state index contributed by atoms with van der Waals surface area (Å²) >= 11 is 0. The van der Waals surface area contributed by atoms with E-state index in [9.17, 15) is 26.4 Å². The summed E-state index contributed by atoms with van der Waals surface area (Å²) in [6.07, 6.45) is -3.65. The molecule has 214 valence electrons. The minimum Gasteiger partial charge on any atom is -0.475 e. The monoisotopic (exact) mass is 570 g/mol. The fraction of sp³-hybridized carbons (Fsp3) is 0.462. The topological polar surface area (TPSA) is 110 Å². The number of hydrogen-bond donors (Lipinski definition) is 2. The number of likely N-dealkylation sites (tertiary alicyclic amines) is 1. The zero-order chi connectivity index (χ0) is 28.5. The molecule has 0 aliphatic carbocycles. The Kier molecular flexibility index (Phi) is 10.9. The third-order valence-electron chi connectivity index (χ3n) is 6.57. The van der Waals surface area contributed by atoms with E-state index in [4.69, 9.17) is 9.90 Å².